The third-order valence-corrected chi connectivity index (χ3v) is 3.59. The van der Waals surface area contributed by atoms with Crippen molar-refractivity contribution in [3.63, 3.8) is 0 Å². The van der Waals surface area contributed by atoms with Crippen molar-refractivity contribution in [2.45, 2.75) is 84.0 Å². The number of rotatable bonds is 15. The second-order valence-corrected chi connectivity index (χ2v) is 5.74. The van der Waals surface area contributed by atoms with Gasteiger partial charge in [-0.05, 0) is 19.3 Å². The minimum atomic E-state index is -1.01. The Kier molecular flexibility index (Phi) is 15.2. The minimum absolute atomic E-state index is 0.130. The number of carbonyl (C=O) groups is 2. The van der Waals surface area contributed by atoms with Gasteiger partial charge in [0.05, 0.1) is 6.61 Å². The molecule has 0 atom stereocenters. The van der Waals surface area contributed by atoms with Crippen LogP contribution >= 0.6 is 0 Å². The Morgan fingerprint density at radius 2 is 1.45 bits per heavy atom. The summed E-state index contributed by atoms with van der Waals surface area (Å²) in [7, 11) is 0. The summed E-state index contributed by atoms with van der Waals surface area (Å²) in [5.41, 5.74) is 0. The summed E-state index contributed by atoms with van der Waals surface area (Å²) < 4.78 is 5.11. The van der Waals surface area contributed by atoms with E-state index in [2.05, 4.69) is 12.2 Å². The number of nitrogens with one attached hydrogen (secondary N) is 1. The second-order valence-electron chi connectivity index (χ2n) is 5.74. The molecule has 0 aromatic rings. The number of amides is 1. The topological polar surface area (TPSA) is 75.6 Å². The van der Waals surface area contributed by atoms with Crippen LogP contribution in [0.1, 0.15) is 84.0 Å². The number of carboxylic acid groups (broad SMARTS) is 1. The van der Waals surface area contributed by atoms with Crippen LogP contribution in [0.15, 0.2) is 0 Å². The van der Waals surface area contributed by atoms with Crippen molar-refractivity contribution in [3.8, 4) is 0 Å². The van der Waals surface area contributed by atoms with Crippen LogP contribution in [0.4, 0.5) is 4.79 Å². The summed E-state index contributed by atoms with van der Waals surface area (Å²) in [6.07, 6.45) is 12.0. The van der Waals surface area contributed by atoms with E-state index in [1.54, 1.807) is 0 Å². The predicted octanol–water partition coefficient (Wildman–Crippen LogP) is 4.50. The van der Waals surface area contributed by atoms with Gasteiger partial charge in [0.2, 0.25) is 0 Å². The fourth-order valence-electron chi connectivity index (χ4n) is 2.26. The number of ether oxygens (including phenoxy) is 1. The van der Waals surface area contributed by atoms with Crippen molar-refractivity contribution in [1.29, 1.82) is 0 Å². The Labute approximate surface area is 134 Å². The summed E-state index contributed by atoms with van der Waals surface area (Å²) in [5, 5.41) is 10.7. The number of hydrogen-bond acceptors (Lipinski definition) is 3. The molecule has 0 aliphatic carbocycles. The first-order valence-corrected chi connectivity index (χ1v) is 8.79. The molecule has 0 heterocycles. The first kappa shape index (κ1) is 20.7. The van der Waals surface area contributed by atoms with Crippen molar-refractivity contribution in [3.05, 3.63) is 0 Å². The highest BCUT2D eigenvalue weighted by molar-refractivity contribution is 5.69. The average molecular weight is 315 g/mol. The second kappa shape index (κ2) is 16.1. The molecule has 130 valence electrons. The average Bonchev–Trinajstić information content (AvgIpc) is 2.48. The molecule has 0 bridgehead atoms. The van der Waals surface area contributed by atoms with Crippen LogP contribution in [-0.2, 0) is 9.53 Å². The number of carbonyl (C=O) groups excluding carboxylic acids is 1. The molecule has 1 amide bonds. The largest absolute Gasteiger partial charge is 0.466 e. The van der Waals surface area contributed by atoms with E-state index in [1.165, 1.54) is 44.9 Å². The summed E-state index contributed by atoms with van der Waals surface area (Å²) in [5.74, 6) is -0.130. The molecule has 0 rings (SSSR count). The van der Waals surface area contributed by atoms with Gasteiger partial charge < -0.3 is 15.2 Å². The lowest BCUT2D eigenvalue weighted by molar-refractivity contribution is -0.143. The predicted molar refractivity (Wildman–Crippen MR) is 88.1 cm³/mol. The monoisotopic (exact) mass is 315 g/mol. The van der Waals surface area contributed by atoms with Crippen LogP contribution in [0.25, 0.3) is 0 Å². The standard InChI is InChI=1S/C17H33NO4/c1-2-3-4-5-6-7-8-9-10-13-16(19)22-15-12-11-14-18-17(20)21/h18H,2-15H2,1H3,(H,20,21). The summed E-state index contributed by atoms with van der Waals surface area (Å²) >= 11 is 0. The SMILES string of the molecule is CCCCCCCCCCCC(=O)OCCCCNC(=O)O. The molecule has 2 N–H and O–H groups in total. The van der Waals surface area contributed by atoms with Crippen LogP contribution in [0.3, 0.4) is 0 Å². The minimum Gasteiger partial charge on any atom is -0.466 e. The Bertz CT molecular complexity index is 282. The molecule has 0 unspecified atom stereocenters. The normalized spacial score (nSPS) is 10.4. The molecule has 0 aliphatic heterocycles. The van der Waals surface area contributed by atoms with Gasteiger partial charge in [0.15, 0.2) is 0 Å². The van der Waals surface area contributed by atoms with Crippen LogP contribution in [0, 0.1) is 0 Å². The molecule has 22 heavy (non-hydrogen) atoms. The van der Waals surface area contributed by atoms with Crippen LogP contribution in [-0.4, -0.2) is 30.3 Å². The molecule has 0 radical (unpaired) electrons. The van der Waals surface area contributed by atoms with E-state index in [9.17, 15) is 9.59 Å². The van der Waals surface area contributed by atoms with E-state index in [4.69, 9.17) is 9.84 Å². The van der Waals surface area contributed by atoms with E-state index >= 15 is 0 Å². The van der Waals surface area contributed by atoms with Gasteiger partial charge in [0, 0.05) is 13.0 Å². The van der Waals surface area contributed by atoms with Gasteiger partial charge >= 0.3 is 12.1 Å². The van der Waals surface area contributed by atoms with Crippen molar-refractivity contribution < 1.29 is 19.4 Å². The summed E-state index contributed by atoms with van der Waals surface area (Å²) in [6.45, 7) is 3.02. The molecule has 0 spiro atoms. The molecule has 0 aromatic heterocycles. The van der Waals surface area contributed by atoms with Gasteiger partial charge in [-0.2, -0.15) is 0 Å². The molecule has 5 nitrogen and oxygen atoms in total. The van der Waals surface area contributed by atoms with Gasteiger partial charge in [0.25, 0.3) is 0 Å². The highest BCUT2D eigenvalue weighted by Gasteiger charge is 2.02. The van der Waals surface area contributed by atoms with Gasteiger partial charge in [-0.15, -0.1) is 0 Å². The highest BCUT2D eigenvalue weighted by Crippen LogP contribution is 2.10. The van der Waals surface area contributed by atoms with Gasteiger partial charge in [-0.1, -0.05) is 58.3 Å². The first-order chi connectivity index (χ1) is 10.7. The van der Waals surface area contributed by atoms with Crippen LogP contribution < -0.4 is 5.32 Å². The zero-order valence-electron chi connectivity index (χ0n) is 14.1. The lowest BCUT2D eigenvalue weighted by Gasteiger charge is -2.05. The van der Waals surface area contributed by atoms with Crippen molar-refractivity contribution >= 4 is 12.1 Å². The molecule has 0 fully saturated rings. The maximum atomic E-state index is 11.5. The quantitative estimate of drug-likeness (QED) is 0.344. The summed E-state index contributed by atoms with van der Waals surface area (Å²) in [6, 6.07) is 0. The third-order valence-electron chi connectivity index (χ3n) is 3.59. The first-order valence-electron chi connectivity index (χ1n) is 8.79. The molecule has 0 aromatic carbocycles. The van der Waals surface area contributed by atoms with Crippen molar-refractivity contribution in [1.82, 2.24) is 5.32 Å². The van der Waals surface area contributed by atoms with Gasteiger partial charge in [-0.3, -0.25) is 4.79 Å². The zero-order valence-corrected chi connectivity index (χ0v) is 14.1. The lowest BCUT2D eigenvalue weighted by Crippen LogP contribution is -2.22. The molecule has 0 saturated carbocycles. The Morgan fingerprint density at radius 3 is 2.05 bits per heavy atom. The number of hydrogen-bond donors (Lipinski definition) is 2. The van der Waals surface area contributed by atoms with E-state index in [0.29, 0.717) is 32.4 Å². The molecule has 0 aliphatic rings. The maximum Gasteiger partial charge on any atom is 0.404 e. The Balaban J connectivity index is 3.17. The highest BCUT2D eigenvalue weighted by atomic mass is 16.5. The zero-order chi connectivity index (χ0) is 16.5. The maximum absolute atomic E-state index is 11.5. The van der Waals surface area contributed by atoms with Crippen LogP contribution in [0.2, 0.25) is 0 Å². The molecular formula is C17H33NO4. The van der Waals surface area contributed by atoms with Gasteiger partial charge in [0.1, 0.15) is 0 Å². The molecule has 0 saturated heterocycles. The van der Waals surface area contributed by atoms with Gasteiger partial charge in [-0.25, -0.2) is 4.79 Å². The third kappa shape index (κ3) is 16.8. The number of unbranched alkanes of at least 4 members (excludes halogenated alkanes) is 9. The molecular weight excluding hydrogens is 282 g/mol. The van der Waals surface area contributed by atoms with E-state index in [0.717, 1.165) is 12.8 Å². The number of esters is 1. The van der Waals surface area contributed by atoms with Crippen molar-refractivity contribution in [2.24, 2.45) is 0 Å². The van der Waals surface area contributed by atoms with Crippen molar-refractivity contribution in [2.75, 3.05) is 13.2 Å². The van der Waals surface area contributed by atoms with E-state index in [-0.39, 0.29) is 5.97 Å². The van der Waals surface area contributed by atoms with Crippen LogP contribution in [0.5, 0.6) is 0 Å². The smallest absolute Gasteiger partial charge is 0.404 e. The summed E-state index contributed by atoms with van der Waals surface area (Å²) in [4.78, 5) is 21.7. The molecule has 5 heteroatoms. The fraction of sp³-hybridized carbons (Fsp3) is 0.882. The van der Waals surface area contributed by atoms with E-state index in [1.807, 2.05) is 0 Å². The lowest BCUT2D eigenvalue weighted by atomic mass is 10.1. The Hall–Kier alpha value is -1.26. The fourth-order valence-corrected chi connectivity index (χ4v) is 2.26. The Morgan fingerprint density at radius 1 is 0.864 bits per heavy atom. The van der Waals surface area contributed by atoms with E-state index < -0.39 is 6.09 Å².